The van der Waals surface area contributed by atoms with Crippen molar-refractivity contribution < 1.29 is 27.2 Å². The number of carbonyl (C=O) groups excluding carboxylic acids is 2. The van der Waals surface area contributed by atoms with Gasteiger partial charge >= 0.3 is 12.2 Å². The Kier molecular flexibility index (Phi) is 7.59. The predicted octanol–water partition coefficient (Wildman–Crippen LogP) is 6.10. The molecule has 1 aromatic heterocycles. The summed E-state index contributed by atoms with van der Waals surface area (Å²) in [5.74, 6) is -0.446. The first-order chi connectivity index (χ1) is 19.2. The lowest BCUT2D eigenvalue weighted by Gasteiger charge is -2.32. The quantitative estimate of drug-likeness (QED) is 0.291. The van der Waals surface area contributed by atoms with Crippen molar-refractivity contribution >= 4 is 11.9 Å². The molecule has 4 aromatic rings. The molecule has 3 N–H and O–H groups in total. The third-order valence-corrected chi connectivity index (χ3v) is 7.05. The second kappa shape index (κ2) is 11.3. The number of nitrogens with two attached hydrogens (primary N) is 1. The maximum absolute atomic E-state index is 13.4. The largest absolute Gasteiger partial charge is 0.451 e. The third kappa shape index (κ3) is 6.01. The Labute approximate surface area is 228 Å². The average molecular weight is 549 g/mol. The van der Waals surface area contributed by atoms with Gasteiger partial charge in [-0.2, -0.15) is 13.2 Å². The lowest BCUT2D eigenvalue weighted by Crippen LogP contribution is -2.44. The van der Waals surface area contributed by atoms with Crippen LogP contribution in [0, 0.1) is 0 Å². The van der Waals surface area contributed by atoms with Gasteiger partial charge in [-0.3, -0.25) is 4.79 Å². The minimum absolute atomic E-state index is 0.125. The Morgan fingerprint density at radius 3 is 2.45 bits per heavy atom. The molecule has 10 heteroatoms. The van der Waals surface area contributed by atoms with Gasteiger partial charge in [-0.1, -0.05) is 42.5 Å². The van der Waals surface area contributed by atoms with Gasteiger partial charge in [0.25, 0.3) is 0 Å². The highest BCUT2D eigenvalue weighted by Crippen LogP contribution is 2.37. The second-order valence-corrected chi connectivity index (χ2v) is 9.70. The van der Waals surface area contributed by atoms with E-state index >= 15 is 0 Å². The molecule has 0 bridgehead atoms. The normalized spacial score (nSPS) is 13.9. The molecule has 0 saturated carbocycles. The molecule has 0 saturated heterocycles. The number of amides is 3. The monoisotopic (exact) mass is 548 g/mol. The molecule has 0 aliphatic carbocycles. The van der Waals surface area contributed by atoms with E-state index in [1.165, 1.54) is 24.8 Å². The third-order valence-electron chi connectivity index (χ3n) is 7.05. The first kappa shape index (κ1) is 27.0. The maximum atomic E-state index is 13.4. The molecule has 0 spiro atoms. The van der Waals surface area contributed by atoms with E-state index in [0.29, 0.717) is 30.6 Å². The fraction of sp³-hybridized carbons (Fsp3) is 0.233. The number of benzene rings is 3. The highest BCUT2D eigenvalue weighted by atomic mass is 19.4. The molecule has 0 radical (unpaired) electrons. The Bertz CT molecular complexity index is 1490. The number of hydrogen-bond acceptors (Lipinski definition) is 4. The van der Waals surface area contributed by atoms with Crippen LogP contribution in [0.15, 0.2) is 83.8 Å². The van der Waals surface area contributed by atoms with Gasteiger partial charge in [-0.05, 0) is 64.9 Å². The first-order valence-electron chi connectivity index (χ1n) is 12.8. The van der Waals surface area contributed by atoms with Crippen LogP contribution in [0.25, 0.3) is 22.4 Å². The molecule has 1 aliphatic heterocycles. The molecular formula is C30H27F3N4O3. The van der Waals surface area contributed by atoms with Crippen LogP contribution in [-0.2, 0) is 23.9 Å². The zero-order valence-electron chi connectivity index (χ0n) is 21.4. The molecule has 5 rings (SSSR count). The van der Waals surface area contributed by atoms with Crippen LogP contribution in [0.3, 0.4) is 0 Å². The summed E-state index contributed by atoms with van der Waals surface area (Å²) in [6, 6.07) is 17.6. The Morgan fingerprint density at radius 1 is 1.05 bits per heavy atom. The van der Waals surface area contributed by atoms with E-state index in [1.807, 2.05) is 42.5 Å². The highest BCUT2D eigenvalue weighted by molar-refractivity contribution is 5.79. The van der Waals surface area contributed by atoms with E-state index in [0.717, 1.165) is 39.9 Å². The molecule has 7 nitrogen and oxygen atoms in total. The van der Waals surface area contributed by atoms with Crippen molar-refractivity contribution in [3.05, 3.63) is 102 Å². The van der Waals surface area contributed by atoms with Crippen molar-refractivity contribution in [2.45, 2.75) is 38.0 Å². The summed E-state index contributed by atoms with van der Waals surface area (Å²) in [5, 5.41) is 3.04. The standard InChI is InChI=1S/C30H27F3N4O3/c31-30(32,33)23-8-6-19(7-9-23)25-15-21(27-17-40-18-35-27)14-22-16-37(13-12-24(22)25)29(39)36-26(10-11-28(34)38)20-4-2-1-3-5-20/h1-9,14-15,17-18,26H,10-13,16H2,(H2,34,38)(H,36,39)/t26-/m0/s1. The SMILES string of the molecule is NC(=O)CC[C@H](NC(=O)N1CCc2c(cc(-c3cocn3)cc2-c2ccc(C(F)(F)F)cc2)C1)c1ccccc1. The van der Waals surface area contributed by atoms with Crippen molar-refractivity contribution in [2.75, 3.05) is 6.54 Å². The fourth-order valence-electron chi connectivity index (χ4n) is 5.01. The summed E-state index contributed by atoms with van der Waals surface area (Å²) in [4.78, 5) is 30.8. The van der Waals surface area contributed by atoms with Crippen LogP contribution in [0.2, 0.25) is 0 Å². The summed E-state index contributed by atoms with van der Waals surface area (Å²) >= 11 is 0. The molecule has 40 heavy (non-hydrogen) atoms. The van der Waals surface area contributed by atoms with Gasteiger partial charge in [0, 0.05) is 25.1 Å². The van der Waals surface area contributed by atoms with Gasteiger partial charge in [0.15, 0.2) is 6.39 Å². The van der Waals surface area contributed by atoms with Crippen LogP contribution in [0.5, 0.6) is 0 Å². The lowest BCUT2D eigenvalue weighted by molar-refractivity contribution is -0.137. The Hall–Kier alpha value is -4.60. The summed E-state index contributed by atoms with van der Waals surface area (Å²) in [6.45, 7) is 0.699. The van der Waals surface area contributed by atoms with Gasteiger partial charge in [0.2, 0.25) is 5.91 Å². The summed E-state index contributed by atoms with van der Waals surface area (Å²) in [7, 11) is 0. The van der Waals surface area contributed by atoms with Crippen molar-refractivity contribution in [1.82, 2.24) is 15.2 Å². The number of urea groups is 1. The number of nitrogens with zero attached hydrogens (tertiary/aromatic N) is 2. The van der Waals surface area contributed by atoms with Crippen LogP contribution in [-0.4, -0.2) is 28.4 Å². The summed E-state index contributed by atoms with van der Waals surface area (Å²) in [6.07, 6.45) is -0.625. The number of fused-ring (bicyclic) bond motifs is 1. The first-order valence-corrected chi connectivity index (χ1v) is 12.8. The number of alkyl halides is 3. The van der Waals surface area contributed by atoms with E-state index in [4.69, 9.17) is 10.2 Å². The van der Waals surface area contributed by atoms with Crippen molar-refractivity contribution in [2.24, 2.45) is 5.73 Å². The average Bonchev–Trinajstić information content (AvgIpc) is 3.49. The molecule has 1 atom stereocenters. The Balaban J connectivity index is 1.44. The molecule has 3 aromatic carbocycles. The van der Waals surface area contributed by atoms with Crippen LogP contribution >= 0.6 is 0 Å². The smallest absolute Gasteiger partial charge is 0.416 e. The van der Waals surface area contributed by atoms with Gasteiger partial charge in [-0.25, -0.2) is 9.78 Å². The zero-order chi connectivity index (χ0) is 28.3. The van der Waals surface area contributed by atoms with E-state index in [9.17, 15) is 22.8 Å². The number of rotatable bonds is 7. The number of halogens is 3. The van der Waals surface area contributed by atoms with E-state index in [2.05, 4.69) is 10.3 Å². The molecular weight excluding hydrogens is 521 g/mol. The molecule has 0 unspecified atom stereocenters. The molecule has 3 amide bonds. The van der Waals surface area contributed by atoms with Crippen molar-refractivity contribution in [3.8, 4) is 22.4 Å². The Morgan fingerprint density at radius 2 is 1.80 bits per heavy atom. The number of carbonyl (C=O) groups is 2. The summed E-state index contributed by atoms with van der Waals surface area (Å²) < 4.78 is 44.6. The number of primary amides is 1. The van der Waals surface area contributed by atoms with Gasteiger partial charge in [0.05, 0.1) is 11.6 Å². The van der Waals surface area contributed by atoms with Crippen molar-refractivity contribution in [1.29, 1.82) is 0 Å². The molecule has 206 valence electrons. The number of oxazole rings is 1. The number of hydrogen-bond donors (Lipinski definition) is 2. The topological polar surface area (TPSA) is 101 Å². The lowest BCUT2D eigenvalue weighted by atomic mass is 9.88. The van der Waals surface area contributed by atoms with E-state index in [1.54, 1.807) is 4.90 Å². The second-order valence-electron chi connectivity index (χ2n) is 9.70. The number of aromatic nitrogens is 1. The number of nitrogens with one attached hydrogen (secondary N) is 1. The van der Waals surface area contributed by atoms with Crippen molar-refractivity contribution in [3.63, 3.8) is 0 Å². The van der Waals surface area contributed by atoms with Gasteiger partial charge in [-0.15, -0.1) is 0 Å². The molecule has 1 aliphatic rings. The zero-order valence-corrected chi connectivity index (χ0v) is 21.4. The fourth-order valence-corrected chi connectivity index (χ4v) is 5.01. The van der Waals surface area contributed by atoms with Crippen LogP contribution in [0.1, 0.15) is 41.1 Å². The minimum Gasteiger partial charge on any atom is -0.451 e. The molecule has 2 heterocycles. The molecule has 0 fully saturated rings. The minimum atomic E-state index is -4.43. The van der Waals surface area contributed by atoms with E-state index < -0.39 is 23.7 Å². The highest BCUT2D eigenvalue weighted by Gasteiger charge is 2.31. The van der Waals surface area contributed by atoms with E-state index in [-0.39, 0.29) is 19.0 Å². The van der Waals surface area contributed by atoms with Gasteiger partial charge in [0.1, 0.15) is 12.0 Å². The van der Waals surface area contributed by atoms with Crippen LogP contribution < -0.4 is 11.1 Å². The maximum Gasteiger partial charge on any atom is 0.416 e. The van der Waals surface area contributed by atoms with Crippen LogP contribution in [0.4, 0.5) is 18.0 Å². The summed E-state index contributed by atoms with van der Waals surface area (Å²) in [5.41, 5.74) is 10.1. The van der Waals surface area contributed by atoms with Gasteiger partial charge < -0.3 is 20.4 Å². The predicted molar refractivity (Wildman–Crippen MR) is 143 cm³/mol.